The molecule has 4 nitrogen and oxygen atoms in total. The van der Waals surface area contributed by atoms with Crippen LogP contribution in [0, 0.1) is 6.92 Å². The minimum absolute atomic E-state index is 0.283. The predicted molar refractivity (Wildman–Crippen MR) is 96.6 cm³/mol. The van der Waals surface area contributed by atoms with Crippen molar-refractivity contribution >= 4 is 17.7 Å². The number of likely N-dealkylation sites (tertiary alicyclic amines) is 1. The average molecular weight is 354 g/mol. The highest BCUT2D eigenvalue weighted by molar-refractivity contribution is 6.30. The topological polar surface area (TPSA) is 49.8 Å². The van der Waals surface area contributed by atoms with E-state index in [2.05, 4.69) is 0 Å². The van der Waals surface area contributed by atoms with E-state index >= 15 is 0 Å². The van der Waals surface area contributed by atoms with E-state index in [4.69, 9.17) is 16.3 Å². The van der Waals surface area contributed by atoms with Crippen LogP contribution in [-0.4, -0.2) is 40.9 Å². The Morgan fingerprint density at radius 2 is 1.92 bits per heavy atom. The summed E-state index contributed by atoms with van der Waals surface area (Å²) in [4.78, 5) is 14.0. The second kappa shape index (κ2) is 6.93. The van der Waals surface area contributed by atoms with E-state index in [1.165, 1.54) is 0 Å². The standard InChI is InChI=1S/C19H28ClNO3/c1-13-12-15(20)6-7-16(13)19(14(2)22)8-10-21(11-9-19)17(23)24-18(3,4)5/h6-7,12,14,22H,8-11H2,1-5H3/t14-/m0/s1. The van der Waals surface area contributed by atoms with Crippen LogP contribution >= 0.6 is 11.6 Å². The fraction of sp³-hybridized carbons (Fsp3) is 0.632. The molecule has 1 saturated heterocycles. The van der Waals surface area contributed by atoms with Crippen LogP contribution in [0.5, 0.6) is 0 Å². The Morgan fingerprint density at radius 1 is 1.33 bits per heavy atom. The van der Waals surface area contributed by atoms with Crippen LogP contribution in [0.25, 0.3) is 0 Å². The first-order valence-electron chi connectivity index (χ1n) is 8.48. The van der Waals surface area contributed by atoms with Gasteiger partial charge in [-0.05, 0) is 70.7 Å². The molecule has 1 N–H and O–H groups in total. The molecule has 1 heterocycles. The molecule has 1 fully saturated rings. The van der Waals surface area contributed by atoms with E-state index in [0.717, 1.165) is 11.1 Å². The summed E-state index contributed by atoms with van der Waals surface area (Å²) in [6.07, 6.45) is 0.617. The molecule has 134 valence electrons. The zero-order valence-corrected chi connectivity index (χ0v) is 16.0. The minimum atomic E-state index is -0.502. The Labute approximate surface area is 149 Å². The molecule has 1 aliphatic rings. The number of rotatable bonds is 2. The number of benzene rings is 1. The molecule has 0 aliphatic carbocycles. The predicted octanol–water partition coefficient (Wildman–Crippen LogP) is 4.30. The van der Waals surface area contributed by atoms with Gasteiger partial charge in [0.05, 0.1) is 6.10 Å². The highest BCUT2D eigenvalue weighted by Crippen LogP contribution is 2.41. The lowest BCUT2D eigenvalue weighted by Crippen LogP contribution is -2.51. The number of hydrogen-bond donors (Lipinski definition) is 1. The number of amides is 1. The maximum Gasteiger partial charge on any atom is 0.410 e. The molecule has 0 saturated carbocycles. The van der Waals surface area contributed by atoms with Crippen molar-refractivity contribution in [1.29, 1.82) is 0 Å². The second-order valence-electron chi connectivity index (χ2n) is 7.76. The molecule has 1 aromatic rings. The monoisotopic (exact) mass is 353 g/mol. The average Bonchev–Trinajstić information content (AvgIpc) is 2.45. The molecule has 2 rings (SSSR count). The quantitative estimate of drug-likeness (QED) is 0.862. The molecule has 1 atom stereocenters. The summed E-state index contributed by atoms with van der Waals surface area (Å²) in [7, 11) is 0. The molecule has 0 unspecified atom stereocenters. The van der Waals surface area contributed by atoms with Gasteiger partial charge in [0.1, 0.15) is 5.60 Å². The lowest BCUT2D eigenvalue weighted by Gasteiger charge is -2.45. The highest BCUT2D eigenvalue weighted by Gasteiger charge is 2.42. The molecule has 1 aliphatic heterocycles. The number of aryl methyl sites for hydroxylation is 1. The van der Waals surface area contributed by atoms with Crippen molar-refractivity contribution in [3.8, 4) is 0 Å². The Hall–Kier alpha value is -1.26. The van der Waals surface area contributed by atoms with Crippen LogP contribution in [0.4, 0.5) is 4.79 Å². The van der Waals surface area contributed by atoms with E-state index in [1.807, 2.05) is 52.8 Å². The maximum atomic E-state index is 12.3. The van der Waals surface area contributed by atoms with Crippen molar-refractivity contribution < 1.29 is 14.6 Å². The molecule has 0 aromatic heterocycles. The largest absolute Gasteiger partial charge is 0.444 e. The molecule has 1 amide bonds. The lowest BCUT2D eigenvalue weighted by molar-refractivity contribution is 0.00185. The first kappa shape index (κ1) is 19.1. The maximum absolute atomic E-state index is 12.3. The van der Waals surface area contributed by atoms with Gasteiger partial charge in [-0.1, -0.05) is 17.7 Å². The van der Waals surface area contributed by atoms with E-state index in [9.17, 15) is 9.90 Å². The van der Waals surface area contributed by atoms with Crippen molar-refractivity contribution in [3.05, 3.63) is 34.3 Å². The van der Waals surface area contributed by atoms with E-state index in [1.54, 1.807) is 4.90 Å². The second-order valence-corrected chi connectivity index (χ2v) is 8.20. The Morgan fingerprint density at radius 3 is 2.38 bits per heavy atom. The summed E-state index contributed by atoms with van der Waals surface area (Å²) >= 11 is 6.08. The summed E-state index contributed by atoms with van der Waals surface area (Å²) in [5, 5.41) is 11.2. The van der Waals surface area contributed by atoms with Crippen molar-refractivity contribution in [2.24, 2.45) is 0 Å². The molecule has 0 radical (unpaired) electrons. The van der Waals surface area contributed by atoms with Crippen molar-refractivity contribution in [2.45, 2.75) is 64.6 Å². The van der Waals surface area contributed by atoms with Crippen LogP contribution in [-0.2, 0) is 10.2 Å². The van der Waals surface area contributed by atoms with Gasteiger partial charge in [-0.3, -0.25) is 0 Å². The zero-order valence-electron chi connectivity index (χ0n) is 15.2. The number of halogens is 1. The van der Waals surface area contributed by atoms with E-state index in [0.29, 0.717) is 31.0 Å². The molecule has 5 heteroatoms. The fourth-order valence-electron chi connectivity index (χ4n) is 3.51. The number of aliphatic hydroxyl groups is 1. The minimum Gasteiger partial charge on any atom is -0.444 e. The Kier molecular flexibility index (Phi) is 5.50. The number of carbonyl (C=O) groups excluding carboxylic acids is 1. The number of carbonyl (C=O) groups is 1. The van der Waals surface area contributed by atoms with Crippen LogP contribution in [0.1, 0.15) is 51.7 Å². The SMILES string of the molecule is Cc1cc(Cl)ccc1C1([C@H](C)O)CCN(C(=O)OC(C)(C)C)CC1. The normalized spacial score (nSPS) is 19.0. The van der Waals surface area contributed by atoms with Gasteiger partial charge in [-0.2, -0.15) is 0 Å². The number of aliphatic hydroxyl groups excluding tert-OH is 1. The zero-order chi connectivity index (χ0) is 18.1. The highest BCUT2D eigenvalue weighted by atomic mass is 35.5. The van der Waals surface area contributed by atoms with Crippen molar-refractivity contribution in [2.75, 3.05) is 13.1 Å². The molecule has 0 bridgehead atoms. The summed E-state index contributed by atoms with van der Waals surface area (Å²) < 4.78 is 5.46. The van der Waals surface area contributed by atoms with Crippen molar-refractivity contribution in [3.63, 3.8) is 0 Å². The van der Waals surface area contributed by atoms with Gasteiger partial charge in [0.25, 0.3) is 0 Å². The van der Waals surface area contributed by atoms with Gasteiger partial charge in [-0.15, -0.1) is 0 Å². The third-order valence-corrected chi connectivity index (χ3v) is 5.07. The Bertz CT molecular complexity index is 599. The first-order chi connectivity index (χ1) is 11.0. The molecule has 24 heavy (non-hydrogen) atoms. The summed E-state index contributed by atoms with van der Waals surface area (Å²) in [6.45, 7) is 10.6. The molecule has 1 aromatic carbocycles. The third-order valence-electron chi connectivity index (χ3n) is 4.83. The van der Waals surface area contributed by atoms with Crippen LogP contribution in [0.15, 0.2) is 18.2 Å². The molecular weight excluding hydrogens is 326 g/mol. The summed E-state index contributed by atoms with van der Waals surface area (Å²) in [5.74, 6) is 0. The lowest BCUT2D eigenvalue weighted by atomic mass is 9.68. The number of piperidine rings is 1. The van der Waals surface area contributed by atoms with Crippen LogP contribution in [0.2, 0.25) is 5.02 Å². The third kappa shape index (κ3) is 4.04. The van der Waals surface area contributed by atoms with E-state index < -0.39 is 11.7 Å². The first-order valence-corrected chi connectivity index (χ1v) is 8.85. The van der Waals surface area contributed by atoms with Crippen LogP contribution < -0.4 is 0 Å². The van der Waals surface area contributed by atoms with Gasteiger partial charge in [0.2, 0.25) is 0 Å². The number of hydrogen-bond acceptors (Lipinski definition) is 3. The fourth-order valence-corrected chi connectivity index (χ4v) is 3.74. The van der Waals surface area contributed by atoms with Crippen LogP contribution in [0.3, 0.4) is 0 Å². The van der Waals surface area contributed by atoms with Gasteiger partial charge >= 0.3 is 6.09 Å². The number of ether oxygens (including phenoxy) is 1. The Balaban J connectivity index is 2.19. The number of nitrogens with zero attached hydrogens (tertiary/aromatic N) is 1. The van der Waals surface area contributed by atoms with Gasteiger partial charge in [0.15, 0.2) is 0 Å². The summed E-state index contributed by atoms with van der Waals surface area (Å²) in [5.41, 5.74) is 1.34. The van der Waals surface area contributed by atoms with E-state index in [-0.39, 0.29) is 11.5 Å². The van der Waals surface area contributed by atoms with Gasteiger partial charge in [0, 0.05) is 23.5 Å². The van der Waals surface area contributed by atoms with Gasteiger partial charge in [-0.25, -0.2) is 4.79 Å². The molecule has 0 spiro atoms. The van der Waals surface area contributed by atoms with Crippen molar-refractivity contribution in [1.82, 2.24) is 4.90 Å². The smallest absolute Gasteiger partial charge is 0.410 e. The molecular formula is C19H28ClNO3. The summed E-state index contributed by atoms with van der Waals surface area (Å²) in [6, 6.07) is 5.81. The van der Waals surface area contributed by atoms with Gasteiger partial charge < -0.3 is 14.7 Å².